The number of carbonyl (C=O) groups is 1. The van der Waals surface area contributed by atoms with E-state index in [1.807, 2.05) is 13.0 Å². The van der Waals surface area contributed by atoms with E-state index >= 15 is 0 Å². The summed E-state index contributed by atoms with van der Waals surface area (Å²) in [6.45, 7) is 6.55. The summed E-state index contributed by atoms with van der Waals surface area (Å²) in [4.78, 5) is 11.4. The van der Waals surface area contributed by atoms with Crippen LogP contribution >= 0.6 is 11.6 Å². The van der Waals surface area contributed by atoms with Crippen molar-refractivity contribution in [2.45, 2.75) is 46.5 Å². The van der Waals surface area contributed by atoms with Gasteiger partial charge in [0.15, 0.2) is 0 Å². The number of hydrogen-bond acceptors (Lipinski definition) is 3. The van der Waals surface area contributed by atoms with E-state index < -0.39 is 0 Å². The van der Waals surface area contributed by atoms with E-state index in [0.717, 1.165) is 17.5 Å². The first kappa shape index (κ1) is 19.3. The predicted molar refractivity (Wildman–Crippen MR) is 105 cm³/mol. The van der Waals surface area contributed by atoms with Crippen LogP contribution < -0.4 is 10.5 Å². The summed E-state index contributed by atoms with van der Waals surface area (Å²) in [6.07, 6.45) is 2.72. The minimum absolute atomic E-state index is 0.250. The number of ketones is 1. The van der Waals surface area contributed by atoms with Crippen LogP contribution in [-0.2, 0) is 11.2 Å². The lowest BCUT2D eigenvalue weighted by Gasteiger charge is -2.15. The fourth-order valence-electron chi connectivity index (χ4n) is 2.82. The van der Waals surface area contributed by atoms with Gasteiger partial charge in [0.1, 0.15) is 11.5 Å². The molecule has 0 aliphatic rings. The van der Waals surface area contributed by atoms with E-state index in [0.29, 0.717) is 42.3 Å². The van der Waals surface area contributed by atoms with Crippen molar-refractivity contribution < 1.29 is 9.53 Å². The van der Waals surface area contributed by atoms with Crippen LogP contribution in [0.25, 0.3) is 11.1 Å². The third-order valence-electron chi connectivity index (χ3n) is 4.29. The number of anilines is 1. The molecule has 2 aromatic rings. The van der Waals surface area contributed by atoms with Crippen LogP contribution in [0.5, 0.6) is 5.75 Å². The Balaban J connectivity index is 2.24. The van der Waals surface area contributed by atoms with Crippen molar-refractivity contribution in [3.63, 3.8) is 0 Å². The number of rotatable bonds is 8. The number of Topliss-reactive ketones (excluding diaryl/α,β-unsaturated/α-hetero) is 1. The molecule has 2 N–H and O–H groups in total. The zero-order valence-corrected chi connectivity index (χ0v) is 16.0. The first-order valence-corrected chi connectivity index (χ1v) is 9.17. The Hall–Kier alpha value is -2.00. The summed E-state index contributed by atoms with van der Waals surface area (Å²) >= 11 is 6.28. The van der Waals surface area contributed by atoms with Gasteiger partial charge in [0.05, 0.1) is 11.6 Å². The van der Waals surface area contributed by atoms with Gasteiger partial charge in [0, 0.05) is 24.1 Å². The fraction of sp³-hybridized carbons (Fsp3) is 0.381. The highest BCUT2D eigenvalue weighted by atomic mass is 35.5. The Kier molecular flexibility index (Phi) is 6.89. The molecule has 0 amide bonds. The maximum Gasteiger partial charge on any atom is 0.138 e. The Morgan fingerprint density at radius 2 is 1.92 bits per heavy atom. The lowest BCUT2D eigenvalue weighted by atomic mass is 9.95. The van der Waals surface area contributed by atoms with Crippen molar-refractivity contribution in [3.05, 3.63) is 46.5 Å². The number of benzene rings is 2. The Morgan fingerprint density at radius 3 is 2.60 bits per heavy atom. The summed E-state index contributed by atoms with van der Waals surface area (Å²) < 4.78 is 5.81. The van der Waals surface area contributed by atoms with Crippen molar-refractivity contribution in [1.82, 2.24) is 0 Å². The van der Waals surface area contributed by atoms with Crippen molar-refractivity contribution in [2.75, 3.05) is 12.3 Å². The van der Waals surface area contributed by atoms with E-state index in [4.69, 9.17) is 22.1 Å². The monoisotopic (exact) mass is 359 g/mol. The second-order valence-electron chi connectivity index (χ2n) is 6.23. The predicted octanol–water partition coefficient (Wildman–Crippen LogP) is 5.60. The van der Waals surface area contributed by atoms with Gasteiger partial charge >= 0.3 is 0 Å². The molecule has 0 atom stereocenters. The van der Waals surface area contributed by atoms with Gasteiger partial charge in [-0.05, 0) is 43.0 Å². The van der Waals surface area contributed by atoms with Crippen LogP contribution in [0.4, 0.5) is 5.69 Å². The standard InChI is InChI=1S/C21H26ClNO2/c1-4-15-11-14(3)8-9-17(15)18-12-21(19(22)13-20(18)23)25-10-6-7-16(24)5-2/h8-9,11-13H,4-7,10,23H2,1-3H3. The summed E-state index contributed by atoms with van der Waals surface area (Å²) in [7, 11) is 0. The minimum Gasteiger partial charge on any atom is -0.492 e. The van der Waals surface area contributed by atoms with E-state index in [2.05, 4.69) is 32.0 Å². The molecule has 2 rings (SSSR count). The molecule has 4 heteroatoms. The highest BCUT2D eigenvalue weighted by molar-refractivity contribution is 6.32. The molecule has 0 fully saturated rings. The van der Waals surface area contributed by atoms with Crippen LogP contribution in [0.3, 0.4) is 0 Å². The topological polar surface area (TPSA) is 52.3 Å². The molecule has 134 valence electrons. The number of aryl methyl sites for hydroxylation is 2. The largest absolute Gasteiger partial charge is 0.492 e. The number of nitrogens with two attached hydrogens (primary N) is 1. The van der Waals surface area contributed by atoms with Gasteiger partial charge in [-0.1, -0.05) is 49.2 Å². The molecule has 2 aromatic carbocycles. The second-order valence-corrected chi connectivity index (χ2v) is 6.64. The smallest absolute Gasteiger partial charge is 0.138 e. The Labute approximate surface area is 155 Å². The molecule has 0 saturated carbocycles. The average Bonchev–Trinajstić information content (AvgIpc) is 2.60. The molecular formula is C21H26ClNO2. The van der Waals surface area contributed by atoms with Crippen molar-refractivity contribution in [1.29, 1.82) is 0 Å². The van der Waals surface area contributed by atoms with Gasteiger partial charge in [-0.2, -0.15) is 0 Å². The molecule has 0 aromatic heterocycles. The summed E-state index contributed by atoms with van der Waals surface area (Å²) in [5.74, 6) is 0.859. The normalized spacial score (nSPS) is 10.7. The molecule has 0 aliphatic heterocycles. The number of nitrogen functional groups attached to an aromatic ring is 1. The van der Waals surface area contributed by atoms with Gasteiger partial charge in [0.2, 0.25) is 0 Å². The average molecular weight is 360 g/mol. The molecule has 0 unspecified atom stereocenters. The molecule has 0 bridgehead atoms. The lowest BCUT2D eigenvalue weighted by Crippen LogP contribution is -2.03. The molecular weight excluding hydrogens is 334 g/mol. The van der Waals surface area contributed by atoms with Gasteiger partial charge in [-0.15, -0.1) is 0 Å². The maximum absolute atomic E-state index is 11.4. The highest BCUT2D eigenvalue weighted by Crippen LogP contribution is 2.37. The Bertz CT molecular complexity index is 756. The molecule has 0 spiro atoms. The molecule has 25 heavy (non-hydrogen) atoms. The number of ether oxygens (including phenoxy) is 1. The highest BCUT2D eigenvalue weighted by Gasteiger charge is 2.13. The van der Waals surface area contributed by atoms with Gasteiger partial charge < -0.3 is 10.5 Å². The summed E-state index contributed by atoms with van der Waals surface area (Å²) in [6, 6.07) is 10.0. The van der Waals surface area contributed by atoms with E-state index in [-0.39, 0.29) is 5.78 Å². The minimum atomic E-state index is 0.250. The summed E-state index contributed by atoms with van der Waals surface area (Å²) in [5, 5.41) is 0.494. The maximum atomic E-state index is 11.4. The fourth-order valence-corrected chi connectivity index (χ4v) is 3.05. The number of halogens is 1. The zero-order chi connectivity index (χ0) is 18.4. The SMILES string of the molecule is CCC(=O)CCCOc1cc(-c2ccc(C)cc2CC)c(N)cc1Cl. The zero-order valence-electron chi connectivity index (χ0n) is 15.2. The van der Waals surface area contributed by atoms with Crippen LogP contribution in [0.1, 0.15) is 44.2 Å². The number of carbonyl (C=O) groups excluding carboxylic acids is 1. The van der Waals surface area contributed by atoms with E-state index in [9.17, 15) is 4.79 Å². The van der Waals surface area contributed by atoms with Crippen molar-refractivity contribution in [2.24, 2.45) is 0 Å². The molecule has 0 aliphatic carbocycles. The van der Waals surface area contributed by atoms with Gasteiger partial charge in [0.25, 0.3) is 0 Å². The van der Waals surface area contributed by atoms with Crippen LogP contribution in [-0.4, -0.2) is 12.4 Å². The van der Waals surface area contributed by atoms with E-state index in [1.165, 1.54) is 11.1 Å². The molecule has 3 nitrogen and oxygen atoms in total. The van der Waals surface area contributed by atoms with Crippen molar-refractivity contribution >= 4 is 23.1 Å². The second kappa shape index (κ2) is 8.91. The Morgan fingerprint density at radius 1 is 1.16 bits per heavy atom. The molecule has 0 radical (unpaired) electrons. The van der Waals surface area contributed by atoms with E-state index in [1.54, 1.807) is 6.07 Å². The molecule has 0 saturated heterocycles. The lowest BCUT2D eigenvalue weighted by molar-refractivity contribution is -0.118. The van der Waals surface area contributed by atoms with Gasteiger partial charge in [-0.3, -0.25) is 4.79 Å². The quantitative estimate of drug-likeness (QED) is 0.493. The van der Waals surface area contributed by atoms with Crippen molar-refractivity contribution in [3.8, 4) is 16.9 Å². The first-order valence-electron chi connectivity index (χ1n) is 8.79. The van der Waals surface area contributed by atoms with Crippen LogP contribution in [0.15, 0.2) is 30.3 Å². The number of hydrogen-bond donors (Lipinski definition) is 1. The third-order valence-corrected chi connectivity index (χ3v) is 4.58. The van der Waals surface area contributed by atoms with Gasteiger partial charge in [-0.25, -0.2) is 0 Å². The summed E-state index contributed by atoms with van der Waals surface area (Å²) in [5.41, 5.74) is 11.4. The third kappa shape index (κ3) is 4.99. The first-order chi connectivity index (χ1) is 12.0. The van der Waals surface area contributed by atoms with Crippen LogP contribution in [0, 0.1) is 6.92 Å². The molecule has 0 heterocycles. The van der Waals surface area contributed by atoms with Crippen LogP contribution in [0.2, 0.25) is 5.02 Å².